The highest BCUT2D eigenvalue weighted by molar-refractivity contribution is 5.55. The molecule has 17 heavy (non-hydrogen) atoms. The fourth-order valence-corrected chi connectivity index (χ4v) is 1.63. The Morgan fingerprint density at radius 1 is 1.47 bits per heavy atom. The molecule has 0 fully saturated rings. The topological polar surface area (TPSA) is 101 Å². The number of tetrazole rings is 1. The molecular weight excluding hydrogens is 218 g/mol. The minimum absolute atomic E-state index is 0.0561. The lowest BCUT2D eigenvalue weighted by Gasteiger charge is -2.21. The summed E-state index contributed by atoms with van der Waals surface area (Å²) in [4.78, 5) is 0. The van der Waals surface area contributed by atoms with E-state index in [-0.39, 0.29) is 6.61 Å². The van der Waals surface area contributed by atoms with E-state index in [0.717, 1.165) is 11.1 Å². The van der Waals surface area contributed by atoms with Crippen LogP contribution in [0, 0.1) is 0 Å². The van der Waals surface area contributed by atoms with Gasteiger partial charge in [-0.25, -0.2) is 0 Å². The largest absolute Gasteiger partial charge is 0.394 e. The maximum absolute atomic E-state index is 9.14. The first kappa shape index (κ1) is 11.7. The van der Waals surface area contributed by atoms with Crippen molar-refractivity contribution in [2.45, 2.75) is 18.9 Å². The number of benzene rings is 1. The Balaban J connectivity index is 2.23. The number of hydrogen-bond acceptors (Lipinski definition) is 5. The van der Waals surface area contributed by atoms with Gasteiger partial charge in [0, 0.05) is 11.1 Å². The molecule has 6 heteroatoms. The number of aliphatic hydroxyl groups is 1. The minimum atomic E-state index is -0.615. The Morgan fingerprint density at radius 3 is 2.94 bits per heavy atom. The summed E-state index contributed by atoms with van der Waals surface area (Å²) in [6, 6.07) is 7.73. The summed E-state index contributed by atoms with van der Waals surface area (Å²) in [6.07, 6.45) is 0.592. The molecule has 0 radical (unpaired) electrons. The van der Waals surface area contributed by atoms with Crippen LogP contribution in [0.2, 0.25) is 0 Å². The van der Waals surface area contributed by atoms with Gasteiger partial charge in [-0.2, -0.15) is 5.21 Å². The summed E-state index contributed by atoms with van der Waals surface area (Å²) < 4.78 is 0. The molecule has 1 heterocycles. The first-order chi connectivity index (χ1) is 8.11. The normalized spacial score (nSPS) is 14.5. The van der Waals surface area contributed by atoms with E-state index in [1.54, 1.807) is 0 Å². The van der Waals surface area contributed by atoms with E-state index >= 15 is 0 Å². The second-order valence-corrected chi connectivity index (χ2v) is 4.42. The van der Waals surface area contributed by atoms with Crippen LogP contribution in [0.25, 0.3) is 11.4 Å². The number of H-pyrrole nitrogens is 1. The molecule has 0 aliphatic rings. The van der Waals surface area contributed by atoms with Gasteiger partial charge in [-0.15, -0.1) is 10.2 Å². The third-order valence-corrected chi connectivity index (χ3v) is 2.50. The number of hydrogen-bond donors (Lipinski definition) is 3. The van der Waals surface area contributed by atoms with Crippen molar-refractivity contribution in [3.05, 3.63) is 29.8 Å². The lowest BCUT2D eigenvalue weighted by Crippen LogP contribution is -2.42. The predicted molar refractivity (Wildman–Crippen MR) is 63.0 cm³/mol. The molecule has 1 aromatic carbocycles. The van der Waals surface area contributed by atoms with Gasteiger partial charge in [-0.3, -0.25) is 0 Å². The highest BCUT2D eigenvalue weighted by atomic mass is 16.3. The van der Waals surface area contributed by atoms with Gasteiger partial charge >= 0.3 is 0 Å². The van der Waals surface area contributed by atoms with Gasteiger partial charge in [0.1, 0.15) is 0 Å². The Bertz CT molecular complexity index is 480. The zero-order valence-electron chi connectivity index (χ0n) is 9.59. The molecule has 0 amide bonds. The van der Waals surface area contributed by atoms with Gasteiger partial charge in [-0.05, 0) is 30.2 Å². The first-order valence-electron chi connectivity index (χ1n) is 5.33. The smallest absolute Gasteiger partial charge is 0.204 e. The molecule has 4 N–H and O–H groups in total. The van der Waals surface area contributed by atoms with Crippen LogP contribution in [-0.2, 0) is 6.42 Å². The van der Waals surface area contributed by atoms with E-state index < -0.39 is 5.54 Å². The molecule has 6 nitrogen and oxygen atoms in total. The Kier molecular flexibility index (Phi) is 3.16. The number of nitrogens with zero attached hydrogens (tertiary/aromatic N) is 3. The zero-order chi connectivity index (χ0) is 12.3. The van der Waals surface area contributed by atoms with Gasteiger partial charge < -0.3 is 10.8 Å². The minimum Gasteiger partial charge on any atom is -0.394 e. The molecule has 1 aromatic heterocycles. The Hall–Kier alpha value is -1.79. The van der Waals surface area contributed by atoms with Gasteiger partial charge in [0.15, 0.2) is 0 Å². The Labute approximate surface area is 98.9 Å². The van der Waals surface area contributed by atoms with E-state index in [4.69, 9.17) is 10.8 Å². The molecule has 0 saturated heterocycles. The van der Waals surface area contributed by atoms with Crippen molar-refractivity contribution in [2.24, 2.45) is 5.73 Å². The molecule has 0 aliphatic heterocycles. The number of aromatic amines is 1. The molecule has 1 atom stereocenters. The van der Waals surface area contributed by atoms with E-state index in [9.17, 15) is 0 Å². The summed E-state index contributed by atoms with van der Waals surface area (Å²) in [7, 11) is 0. The first-order valence-corrected chi connectivity index (χ1v) is 5.33. The zero-order valence-corrected chi connectivity index (χ0v) is 9.59. The number of nitrogens with one attached hydrogen (secondary N) is 1. The summed E-state index contributed by atoms with van der Waals surface area (Å²) >= 11 is 0. The van der Waals surface area contributed by atoms with Gasteiger partial charge in [-0.1, -0.05) is 18.2 Å². The fraction of sp³-hybridized carbons (Fsp3) is 0.364. The average Bonchev–Trinajstić information content (AvgIpc) is 2.82. The standard InChI is InChI=1S/C11H15N5O/c1-11(12,7-17)6-8-3-2-4-9(5-8)10-13-15-16-14-10/h2-5,17H,6-7,12H2,1H3,(H,13,14,15,16). The van der Waals surface area contributed by atoms with Crippen LogP contribution in [0.4, 0.5) is 0 Å². The highest BCUT2D eigenvalue weighted by Gasteiger charge is 2.18. The van der Waals surface area contributed by atoms with Crippen molar-refractivity contribution < 1.29 is 5.11 Å². The summed E-state index contributed by atoms with van der Waals surface area (Å²) in [5.41, 5.74) is 7.22. The van der Waals surface area contributed by atoms with Crippen molar-refractivity contribution in [2.75, 3.05) is 6.61 Å². The number of aliphatic hydroxyl groups excluding tert-OH is 1. The van der Waals surface area contributed by atoms with Crippen LogP contribution in [0.5, 0.6) is 0 Å². The molecule has 0 spiro atoms. The number of aromatic nitrogens is 4. The second-order valence-electron chi connectivity index (χ2n) is 4.42. The lowest BCUT2D eigenvalue weighted by molar-refractivity contribution is 0.208. The maximum atomic E-state index is 9.14. The monoisotopic (exact) mass is 233 g/mol. The van der Waals surface area contributed by atoms with Crippen LogP contribution in [0.1, 0.15) is 12.5 Å². The quantitative estimate of drug-likeness (QED) is 0.696. The molecule has 0 bridgehead atoms. The Morgan fingerprint density at radius 2 is 2.29 bits per heavy atom. The van der Waals surface area contributed by atoms with Gasteiger partial charge in [0.2, 0.25) is 5.82 Å². The van der Waals surface area contributed by atoms with Crippen molar-refractivity contribution in [1.29, 1.82) is 0 Å². The molecule has 1 unspecified atom stereocenters. The van der Waals surface area contributed by atoms with Gasteiger partial charge in [0.25, 0.3) is 0 Å². The molecule has 90 valence electrons. The van der Waals surface area contributed by atoms with E-state index in [1.807, 2.05) is 31.2 Å². The summed E-state index contributed by atoms with van der Waals surface area (Å²) in [6.45, 7) is 1.76. The molecule has 2 rings (SSSR count). The molecule has 0 aliphatic carbocycles. The number of nitrogens with two attached hydrogens (primary N) is 1. The van der Waals surface area contributed by atoms with Crippen LogP contribution < -0.4 is 5.73 Å². The second kappa shape index (κ2) is 4.60. The maximum Gasteiger partial charge on any atom is 0.204 e. The third kappa shape index (κ3) is 2.86. The van der Waals surface area contributed by atoms with E-state index in [0.29, 0.717) is 12.2 Å². The van der Waals surface area contributed by atoms with Crippen LogP contribution in [0.3, 0.4) is 0 Å². The third-order valence-electron chi connectivity index (χ3n) is 2.50. The van der Waals surface area contributed by atoms with Crippen LogP contribution >= 0.6 is 0 Å². The highest BCUT2D eigenvalue weighted by Crippen LogP contribution is 2.17. The summed E-state index contributed by atoms with van der Waals surface area (Å²) in [5, 5.41) is 22.9. The SMILES string of the molecule is CC(N)(CO)Cc1cccc(-c2nn[nH]n2)c1. The van der Waals surface area contributed by atoms with Crippen LogP contribution in [-0.4, -0.2) is 37.9 Å². The predicted octanol–water partition coefficient (Wildman–Crippen LogP) is 0.119. The van der Waals surface area contributed by atoms with Crippen molar-refractivity contribution in [3.8, 4) is 11.4 Å². The molecular formula is C11H15N5O. The fourth-order valence-electron chi connectivity index (χ4n) is 1.63. The van der Waals surface area contributed by atoms with E-state index in [2.05, 4.69) is 20.6 Å². The molecule has 2 aromatic rings. The van der Waals surface area contributed by atoms with Crippen LogP contribution in [0.15, 0.2) is 24.3 Å². The summed E-state index contributed by atoms with van der Waals surface area (Å²) in [5.74, 6) is 0.551. The average molecular weight is 233 g/mol. The van der Waals surface area contributed by atoms with E-state index in [1.165, 1.54) is 0 Å². The van der Waals surface area contributed by atoms with Crippen molar-refractivity contribution >= 4 is 0 Å². The molecule has 0 saturated carbocycles. The van der Waals surface area contributed by atoms with Crippen molar-refractivity contribution in [3.63, 3.8) is 0 Å². The van der Waals surface area contributed by atoms with Crippen molar-refractivity contribution in [1.82, 2.24) is 20.6 Å². The van der Waals surface area contributed by atoms with Gasteiger partial charge in [0.05, 0.1) is 6.61 Å². The lowest BCUT2D eigenvalue weighted by atomic mass is 9.94. The number of rotatable bonds is 4.